The molecule has 3 heterocycles. The van der Waals surface area contributed by atoms with Crippen LogP contribution in [0, 0.1) is 0 Å². The van der Waals surface area contributed by atoms with Crippen LogP contribution in [0.2, 0.25) is 0 Å². The van der Waals surface area contributed by atoms with Gasteiger partial charge < -0.3 is 36.1 Å². The molecule has 0 aliphatic carbocycles. The number of hydrogen-bond donors (Lipinski definition) is 5. The van der Waals surface area contributed by atoms with Gasteiger partial charge >= 0.3 is 5.97 Å². The largest absolute Gasteiger partial charge is 0.480 e. The second-order valence-electron chi connectivity index (χ2n) is 6.07. The summed E-state index contributed by atoms with van der Waals surface area (Å²) in [5.41, 5.74) is 12.4. The molecule has 3 rings (SSSR count). The molecule has 11 heteroatoms. The molecule has 0 amide bonds. The van der Waals surface area contributed by atoms with Crippen LogP contribution in [0.1, 0.15) is 12.6 Å². The van der Waals surface area contributed by atoms with Crippen LogP contribution in [0.3, 0.4) is 0 Å². The molecule has 0 bridgehead atoms. The number of aliphatic hydroxyl groups is 2. The zero-order chi connectivity index (χ0) is 18.8. The maximum atomic E-state index is 10.7. The molecule has 5 unspecified atom stereocenters. The van der Waals surface area contributed by atoms with Crippen molar-refractivity contribution in [2.75, 3.05) is 17.2 Å². The number of anilines is 1. The van der Waals surface area contributed by atoms with Gasteiger partial charge in [0.2, 0.25) is 0 Å². The average Bonchev–Trinajstić information content (AvgIpc) is 3.15. The summed E-state index contributed by atoms with van der Waals surface area (Å²) in [6.07, 6.45) is -0.266. The first kappa shape index (κ1) is 18.9. The number of carboxylic acids is 1. The number of nitrogens with zero attached hydrogens (tertiary/aromatic N) is 3. The number of thioether (sulfide) groups is 1. The SMILES string of the molecule is Nc1nccc2c1ncn2C1OC(CSCCC(N)C(=O)O)C(O)C1O. The third-order valence-corrected chi connectivity index (χ3v) is 5.39. The van der Waals surface area contributed by atoms with Crippen LogP contribution >= 0.6 is 11.8 Å². The van der Waals surface area contributed by atoms with Crippen molar-refractivity contribution < 1.29 is 24.9 Å². The van der Waals surface area contributed by atoms with Gasteiger partial charge in [0.05, 0.1) is 17.9 Å². The standard InChI is InChI=1S/C15H21N5O5S/c16-7(15(23)24)2-4-26-5-9-11(21)12(22)14(25-9)20-6-19-10-8(20)1-3-18-13(10)17/h1,3,6-7,9,11-12,14,21-22H,2,4-5,16H2,(H2,17,18)(H,23,24). The van der Waals surface area contributed by atoms with Gasteiger partial charge in [-0.15, -0.1) is 0 Å². The fourth-order valence-corrected chi connectivity index (χ4v) is 3.91. The number of carboxylic acid groups (broad SMARTS) is 1. The molecule has 7 N–H and O–H groups in total. The summed E-state index contributed by atoms with van der Waals surface area (Å²) in [6.45, 7) is 0. The van der Waals surface area contributed by atoms with E-state index in [1.165, 1.54) is 24.3 Å². The summed E-state index contributed by atoms with van der Waals surface area (Å²) in [5, 5.41) is 29.4. The Morgan fingerprint density at radius 2 is 2.15 bits per heavy atom. The topological polar surface area (TPSA) is 170 Å². The molecule has 1 aliphatic rings. The molecule has 0 radical (unpaired) electrons. The first-order valence-corrected chi connectivity index (χ1v) is 9.20. The minimum absolute atomic E-state index is 0.274. The van der Waals surface area contributed by atoms with E-state index in [4.69, 9.17) is 21.3 Å². The number of rotatable bonds is 7. The number of aliphatic hydroxyl groups excluding tert-OH is 2. The van der Waals surface area contributed by atoms with Gasteiger partial charge in [-0.25, -0.2) is 9.97 Å². The van der Waals surface area contributed by atoms with Crippen LogP contribution in [0.4, 0.5) is 5.82 Å². The van der Waals surface area contributed by atoms with Crippen molar-refractivity contribution in [3.63, 3.8) is 0 Å². The molecule has 2 aromatic rings. The summed E-state index contributed by atoms with van der Waals surface area (Å²) >= 11 is 1.41. The summed E-state index contributed by atoms with van der Waals surface area (Å²) < 4.78 is 7.44. The summed E-state index contributed by atoms with van der Waals surface area (Å²) in [6, 6.07) is 0.794. The number of ether oxygens (including phenoxy) is 1. The zero-order valence-corrected chi connectivity index (χ0v) is 14.6. The normalized spacial score (nSPS) is 27.0. The van der Waals surface area contributed by atoms with E-state index in [1.54, 1.807) is 10.6 Å². The van der Waals surface area contributed by atoms with E-state index in [1.807, 2.05) is 0 Å². The van der Waals surface area contributed by atoms with E-state index in [-0.39, 0.29) is 5.82 Å². The molecule has 0 aromatic carbocycles. The third kappa shape index (κ3) is 3.62. The van der Waals surface area contributed by atoms with Crippen molar-refractivity contribution in [2.24, 2.45) is 5.73 Å². The Labute approximate surface area is 153 Å². The first-order chi connectivity index (χ1) is 12.4. The molecular formula is C15H21N5O5S. The van der Waals surface area contributed by atoms with Crippen molar-refractivity contribution in [3.05, 3.63) is 18.6 Å². The second-order valence-corrected chi connectivity index (χ2v) is 7.22. The van der Waals surface area contributed by atoms with Crippen LogP contribution in [-0.2, 0) is 9.53 Å². The van der Waals surface area contributed by atoms with E-state index in [0.29, 0.717) is 29.0 Å². The molecule has 0 spiro atoms. The van der Waals surface area contributed by atoms with Crippen LogP contribution < -0.4 is 11.5 Å². The van der Waals surface area contributed by atoms with Crippen molar-refractivity contribution in [3.8, 4) is 0 Å². The summed E-state index contributed by atoms with van der Waals surface area (Å²) in [4.78, 5) is 18.8. The van der Waals surface area contributed by atoms with E-state index < -0.39 is 36.6 Å². The molecule has 0 saturated carbocycles. The monoisotopic (exact) mass is 383 g/mol. The van der Waals surface area contributed by atoms with Gasteiger partial charge in [0.15, 0.2) is 12.0 Å². The highest BCUT2D eigenvalue weighted by molar-refractivity contribution is 7.99. The van der Waals surface area contributed by atoms with Gasteiger partial charge in [-0.3, -0.25) is 4.79 Å². The lowest BCUT2D eigenvalue weighted by Crippen LogP contribution is -2.33. The Balaban J connectivity index is 1.64. The molecule has 26 heavy (non-hydrogen) atoms. The Bertz CT molecular complexity index is 787. The molecule has 142 valence electrons. The molecule has 10 nitrogen and oxygen atoms in total. The predicted molar refractivity (Wildman–Crippen MR) is 95.4 cm³/mol. The quantitative estimate of drug-likeness (QED) is 0.380. The van der Waals surface area contributed by atoms with Gasteiger partial charge in [-0.2, -0.15) is 11.8 Å². The molecule has 1 fully saturated rings. The van der Waals surface area contributed by atoms with E-state index in [0.717, 1.165) is 0 Å². The highest BCUT2D eigenvalue weighted by atomic mass is 32.2. The molecule has 1 aliphatic heterocycles. The van der Waals surface area contributed by atoms with Crippen LogP contribution in [0.25, 0.3) is 11.0 Å². The highest BCUT2D eigenvalue weighted by Gasteiger charge is 2.43. The number of carbonyl (C=O) groups is 1. The number of hydrogen-bond acceptors (Lipinski definition) is 9. The fraction of sp³-hybridized carbons (Fsp3) is 0.533. The van der Waals surface area contributed by atoms with Crippen LogP contribution in [0.15, 0.2) is 18.6 Å². The lowest BCUT2D eigenvalue weighted by atomic mass is 10.1. The van der Waals surface area contributed by atoms with Gasteiger partial charge in [-0.05, 0) is 18.2 Å². The first-order valence-electron chi connectivity index (χ1n) is 8.05. The number of aromatic nitrogens is 3. The molecule has 2 aromatic heterocycles. The number of nitrogens with two attached hydrogens (primary N) is 2. The minimum Gasteiger partial charge on any atom is -0.480 e. The van der Waals surface area contributed by atoms with Crippen molar-refractivity contribution in [2.45, 2.75) is 37.0 Å². The Hall–Kier alpha value is -1.92. The number of fused-ring (bicyclic) bond motifs is 1. The smallest absolute Gasteiger partial charge is 0.320 e. The Morgan fingerprint density at radius 3 is 2.88 bits per heavy atom. The minimum atomic E-state index is -1.13. The van der Waals surface area contributed by atoms with Gasteiger partial charge in [0.1, 0.15) is 23.8 Å². The predicted octanol–water partition coefficient (Wildman–Crippen LogP) is -0.832. The Morgan fingerprint density at radius 1 is 1.38 bits per heavy atom. The molecule has 1 saturated heterocycles. The summed E-state index contributed by atoms with van der Waals surface area (Å²) in [5.74, 6) is 0.143. The van der Waals surface area contributed by atoms with Crippen LogP contribution in [-0.4, -0.2) is 71.7 Å². The number of aliphatic carboxylic acids is 1. The van der Waals surface area contributed by atoms with Crippen LogP contribution in [0.5, 0.6) is 0 Å². The number of pyridine rings is 1. The number of nitrogen functional groups attached to an aromatic ring is 1. The molecular weight excluding hydrogens is 362 g/mol. The fourth-order valence-electron chi connectivity index (χ4n) is 2.81. The average molecular weight is 383 g/mol. The van der Waals surface area contributed by atoms with E-state index >= 15 is 0 Å². The van der Waals surface area contributed by atoms with Crippen molar-refractivity contribution >= 4 is 34.6 Å². The van der Waals surface area contributed by atoms with Gasteiger partial charge in [0, 0.05) is 11.9 Å². The second kappa shape index (κ2) is 7.76. The van der Waals surface area contributed by atoms with Gasteiger partial charge in [0.25, 0.3) is 0 Å². The highest BCUT2D eigenvalue weighted by Crippen LogP contribution is 2.33. The van der Waals surface area contributed by atoms with Crippen molar-refractivity contribution in [1.29, 1.82) is 0 Å². The Kier molecular flexibility index (Phi) is 5.63. The molecule has 5 atom stereocenters. The number of imidazole rings is 1. The van der Waals surface area contributed by atoms with E-state index in [9.17, 15) is 15.0 Å². The lowest BCUT2D eigenvalue weighted by Gasteiger charge is -2.17. The van der Waals surface area contributed by atoms with Gasteiger partial charge in [-0.1, -0.05) is 0 Å². The maximum absolute atomic E-state index is 10.7. The van der Waals surface area contributed by atoms with E-state index in [2.05, 4.69) is 9.97 Å². The summed E-state index contributed by atoms with van der Waals surface area (Å²) in [7, 11) is 0. The maximum Gasteiger partial charge on any atom is 0.320 e. The zero-order valence-electron chi connectivity index (χ0n) is 13.8. The van der Waals surface area contributed by atoms with Crippen molar-refractivity contribution in [1.82, 2.24) is 14.5 Å². The lowest BCUT2D eigenvalue weighted by molar-refractivity contribution is -0.138. The third-order valence-electron chi connectivity index (χ3n) is 4.30.